The Labute approximate surface area is 122 Å². The third-order valence-electron chi connectivity index (χ3n) is 4.37. The summed E-state index contributed by atoms with van der Waals surface area (Å²) in [7, 11) is 1.60. The van der Waals surface area contributed by atoms with Crippen LogP contribution in [0.4, 0.5) is 5.69 Å². The molecule has 3 atom stereocenters. The van der Waals surface area contributed by atoms with E-state index in [9.17, 15) is 0 Å². The summed E-state index contributed by atoms with van der Waals surface area (Å²) in [5.74, 6) is 1.36. The molecular weight excluding hydrogens is 270 g/mol. The Morgan fingerprint density at radius 2 is 2.29 bits per heavy atom. The van der Waals surface area contributed by atoms with Crippen molar-refractivity contribution in [3.8, 4) is 17.1 Å². The summed E-state index contributed by atoms with van der Waals surface area (Å²) in [6.07, 6.45) is 3.80. The number of aromatic nitrogens is 4. The smallest absolute Gasteiger partial charge is 0.182 e. The topological polar surface area (TPSA) is 88.1 Å². The highest BCUT2D eigenvalue weighted by Gasteiger charge is 2.43. The molecule has 0 spiro atoms. The second-order valence-corrected chi connectivity index (χ2v) is 5.58. The molecule has 1 aromatic carbocycles. The molecule has 0 amide bonds. The Hall–Kier alpha value is -2.15. The van der Waals surface area contributed by atoms with Crippen LogP contribution in [-0.4, -0.2) is 39.5 Å². The van der Waals surface area contributed by atoms with Crippen LogP contribution in [0.2, 0.25) is 0 Å². The van der Waals surface area contributed by atoms with Crippen molar-refractivity contribution in [1.29, 1.82) is 0 Å². The molecule has 7 nitrogen and oxygen atoms in total. The molecule has 3 unspecified atom stereocenters. The predicted molar refractivity (Wildman–Crippen MR) is 75.8 cm³/mol. The quantitative estimate of drug-likeness (QED) is 0.859. The van der Waals surface area contributed by atoms with E-state index < -0.39 is 0 Å². The van der Waals surface area contributed by atoms with Crippen LogP contribution >= 0.6 is 0 Å². The maximum atomic E-state index is 5.90. The first-order valence-electron chi connectivity index (χ1n) is 7.13. The van der Waals surface area contributed by atoms with Gasteiger partial charge in [-0.3, -0.25) is 0 Å². The lowest BCUT2D eigenvalue weighted by atomic mass is 9.95. The zero-order valence-corrected chi connectivity index (χ0v) is 11.8. The molecular formula is C14H17N5O2. The maximum Gasteiger partial charge on any atom is 0.182 e. The molecule has 110 valence electrons. The van der Waals surface area contributed by atoms with E-state index in [4.69, 9.17) is 15.2 Å². The first-order valence-corrected chi connectivity index (χ1v) is 7.13. The minimum atomic E-state index is 0.220. The number of hydrogen-bond acceptors (Lipinski definition) is 6. The van der Waals surface area contributed by atoms with Crippen LogP contribution in [0.5, 0.6) is 5.75 Å². The number of benzene rings is 1. The van der Waals surface area contributed by atoms with Crippen molar-refractivity contribution in [3.63, 3.8) is 0 Å². The summed E-state index contributed by atoms with van der Waals surface area (Å²) in [4.78, 5) is 0. The summed E-state index contributed by atoms with van der Waals surface area (Å²) < 4.78 is 13.1. The standard InChI is InChI=1S/C14H17N5O2/c1-20-13-6-8(2-4-10(13)15)14-16-17-18-19(14)11-7-9-3-5-12(11)21-9/h2,4,6,9,11-12H,3,5,7,15H2,1H3. The number of nitrogens with zero attached hydrogens (tertiary/aromatic N) is 4. The molecule has 2 fully saturated rings. The average molecular weight is 287 g/mol. The largest absolute Gasteiger partial charge is 0.495 e. The van der Waals surface area contributed by atoms with Crippen molar-refractivity contribution in [2.45, 2.75) is 37.5 Å². The summed E-state index contributed by atoms with van der Waals surface area (Å²) in [6.45, 7) is 0. The number of fused-ring (bicyclic) bond motifs is 2. The molecule has 0 aliphatic carbocycles. The zero-order valence-electron chi connectivity index (χ0n) is 11.8. The van der Waals surface area contributed by atoms with Gasteiger partial charge in [0.25, 0.3) is 0 Å². The van der Waals surface area contributed by atoms with E-state index in [0.717, 1.165) is 30.7 Å². The number of tetrazole rings is 1. The number of anilines is 1. The molecule has 7 heteroatoms. The first kappa shape index (κ1) is 12.6. The van der Waals surface area contributed by atoms with Crippen molar-refractivity contribution in [1.82, 2.24) is 20.2 Å². The van der Waals surface area contributed by atoms with Gasteiger partial charge in [-0.25, -0.2) is 4.68 Å². The third kappa shape index (κ3) is 1.96. The van der Waals surface area contributed by atoms with Gasteiger partial charge in [0.2, 0.25) is 0 Å². The number of ether oxygens (including phenoxy) is 2. The van der Waals surface area contributed by atoms with E-state index in [-0.39, 0.29) is 12.1 Å². The Morgan fingerprint density at radius 3 is 3.00 bits per heavy atom. The van der Waals surface area contributed by atoms with Gasteiger partial charge in [0.1, 0.15) is 5.75 Å². The van der Waals surface area contributed by atoms with Crippen molar-refractivity contribution in [3.05, 3.63) is 18.2 Å². The molecule has 0 saturated carbocycles. The zero-order chi connectivity index (χ0) is 14.4. The monoisotopic (exact) mass is 287 g/mol. The average Bonchev–Trinajstić information content (AvgIpc) is 3.23. The minimum Gasteiger partial charge on any atom is -0.495 e. The molecule has 1 aromatic heterocycles. The second kappa shape index (κ2) is 4.70. The van der Waals surface area contributed by atoms with Gasteiger partial charge in [-0.15, -0.1) is 5.10 Å². The molecule has 2 bridgehead atoms. The fraction of sp³-hybridized carbons (Fsp3) is 0.500. The van der Waals surface area contributed by atoms with E-state index in [2.05, 4.69) is 15.5 Å². The number of nitrogens with two attached hydrogens (primary N) is 1. The second-order valence-electron chi connectivity index (χ2n) is 5.58. The van der Waals surface area contributed by atoms with Gasteiger partial charge >= 0.3 is 0 Å². The molecule has 0 radical (unpaired) electrons. The van der Waals surface area contributed by atoms with Crippen molar-refractivity contribution < 1.29 is 9.47 Å². The SMILES string of the molecule is COc1cc(-c2nnnn2C2CC3CCC2O3)ccc1N. The van der Waals surface area contributed by atoms with E-state index in [1.807, 2.05) is 22.9 Å². The molecule has 21 heavy (non-hydrogen) atoms. The number of nitrogen functional groups attached to an aromatic ring is 1. The van der Waals surface area contributed by atoms with Gasteiger partial charge in [-0.05, 0) is 47.9 Å². The highest BCUT2D eigenvalue weighted by atomic mass is 16.5. The van der Waals surface area contributed by atoms with E-state index in [1.165, 1.54) is 0 Å². The Morgan fingerprint density at radius 1 is 1.38 bits per heavy atom. The Bertz CT molecular complexity index is 671. The Balaban J connectivity index is 1.72. The van der Waals surface area contributed by atoms with Crippen LogP contribution in [0.1, 0.15) is 25.3 Å². The molecule has 2 aliphatic rings. The molecule has 3 heterocycles. The highest BCUT2D eigenvalue weighted by molar-refractivity contribution is 5.65. The lowest BCUT2D eigenvalue weighted by Crippen LogP contribution is -2.22. The van der Waals surface area contributed by atoms with E-state index >= 15 is 0 Å². The van der Waals surface area contributed by atoms with Crippen LogP contribution < -0.4 is 10.5 Å². The number of rotatable bonds is 3. The van der Waals surface area contributed by atoms with Crippen LogP contribution in [-0.2, 0) is 4.74 Å². The molecule has 2 aromatic rings. The van der Waals surface area contributed by atoms with Gasteiger partial charge < -0.3 is 15.2 Å². The van der Waals surface area contributed by atoms with Gasteiger partial charge in [0.05, 0.1) is 31.0 Å². The maximum absolute atomic E-state index is 5.90. The third-order valence-corrected chi connectivity index (χ3v) is 4.37. The Kier molecular flexibility index (Phi) is 2.81. The lowest BCUT2D eigenvalue weighted by molar-refractivity contribution is 0.0922. The summed E-state index contributed by atoms with van der Waals surface area (Å²) >= 11 is 0. The fourth-order valence-electron chi connectivity index (χ4n) is 3.33. The van der Waals surface area contributed by atoms with Gasteiger partial charge in [-0.2, -0.15) is 0 Å². The molecule has 4 rings (SSSR count). The van der Waals surface area contributed by atoms with Gasteiger partial charge in [0.15, 0.2) is 5.82 Å². The number of methoxy groups -OCH3 is 1. The molecule has 2 saturated heterocycles. The van der Waals surface area contributed by atoms with E-state index in [0.29, 0.717) is 17.5 Å². The van der Waals surface area contributed by atoms with Crippen LogP contribution in [0, 0.1) is 0 Å². The van der Waals surface area contributed by atoms with Crippen LogP contribution in [0.15, 0.2) is 18.2 Å². The van der Waals surface area contributed by atoms with Gasteiger partial charge in [-0.1, -0.05) is 0 Å². The summed E-state index contributed by atoms with van der Waals surface area (Å²) in [5.41, 5.74) is 7.36. The van der Waals surface area contributed by atoms with Crippen molar-refractivity contribution in [2.75, 3.05) is 12.8 Å². The van der Waals surface area contributed by atoms with Crippen molar-refractivity contribution >= 4 is 5.69 Å². The summed E-state index contributed by atoms with van der Waals surface area (Å²) in [5, 5.41) is 12.2. The number of hydrogen-bond donors (Lipinski definition) is 1. The minimum absolute atomic E-state index is 0.220. The molecule has 2 aliphatic heterocycles. The van der Waals surface area contributed by atoms with Crippen LogP contribution in [0.3, 0.4) is 0 Å². The fourth-order valence-corrected chi connectivity index (χ4v) is 3.33. The predicted octanol–water partition coefficient (Wildman–Crippen LogP) is 1.42. The van der Waals surface area contributed by atoms with Gasteiger partial charge in [0, 0.05) is 5.56 Å². The normalized spacial score (nSPS) is 27.2. The summed E-state index contributed by atoms with van der Waals surface area (Å²) in [6, 6.07) is 5.81. The van der Waals surface area contributed by atoms with Crippen molar-refractivity contribution in [2.24, 2.45) is 0 Å². The van der Waals surface area contributed by atoms with Crippen LogP contribution in [0.25, 0.3) is 11.4 Å². The van der Waals surface area contributed by atoms with E-state index in [1.54, 1.807) is 7.11 Å². The molecule has 2 N–H and O–H groups in total. The highest BCUT2D eigenvalue weighted by Crippen LogP contribution is 2.42. The first-order chi connectivity index (χ1) is 10.3. The lowest BCUT2D eigenvalue weighted by Gasteiger charge is -2.19.